The van der Waals surface area contributed by atoms with Gasteiger partial charge in [0.05, 0.1) is 0 Å². The fourth-order valence-corrected chi connectivity index (χ4v) is 5.17. The third kappa shape index (κ3) is 2.26. The molecule has 2 aliphatic rings. The number of phenolic OH excluding ortho intramolecular Hbond substituents is 2. The minimum absolute atomic E-state index is 0.0273. The highest BCUT2D eigenvalue weighted by Gasteiger charge is 2.53. The molecule has 3 atom stereocenters. The van der Waals surface area contributed by atoms with Gasteiger partial charge in [-0.05, 0) is 30.2 Å². The van der Waals surface area contributed by atoms with Crippen LogP contribution in [0.15, 0.2) is 6.07 Å². The predicted molar refractivity (Wildman–Crippen MR) is 92.7 cm³/mol. The monoisotopic (exact) mass is 332 g/mol. The van der Waals surface area contributed by atoms with Crippen LogP contribution in [0.4, 0.5) is 0 Å². The first-order chi connectivity index (χ1) is 11.1. The number of aliphatic hydroxyl groups excluding tert-OH is 1. The first kappa shape index (κ1) is 17.3. The van der Waals surface area contributed by atoms with Crippen LogP contribution in [0.25, 0.3) is 0 Å². The largest absolute Gasteiger partial charge is 0.504 e. The molecule has 3 N–H and O–H groups in total. The zero-order valence-electron chi connectivity index (χ0n) is 15.0. The van der Waals surface area contributed by atoms with E-state index in [1.54, 1.807) is 13.0 Å². The molecule has 1 fully saturated rings. The molecule has 0 amide bonds. The second-order valence-electron chi connectivity index (χ2n) is 8.61. The maximum Gasteiger partial charge on any atom is 0.163 e. The lowest BCUT2D eigenvalue weighted by atomic mass is 9.50. The van der Waals surface area contributed by atoms with Crippen molar-refractivity contribution in [3.05, 3.63) is 22.8 Å². The molecule has 3 rings (SSSR count). The summed E-state index contributed by atoms with van der Waals surface area (Å²) in [5.74, 6) is -0.494. The van der Waals surface area contributed by atoms with Crippen LogP contribution in [-0.4, -0.2) is 27.7 Å². The summed E-state index contributed by atoms with van der Waals surface area (Å²) < 4.78 is 0. The van der Waals surface area contributed by atoms with Gasteiger partial charge in [0.1, 0.15) is 0 Å². The second kappa shape index (κ2) is 5.48. The Morgan fingerprint density at radius 1 is 1.21 bits per heavy atom. The molecule has 2 aliphatic carbocycles. The van der Waals surface area contributed by atoms with Crippen molar-refractivity contribution < 1.29 is 20.1 Å². The highest BCUT2D eigenvalue weighted by molar-refractivity contribution is 6.01. The number of fused-ring (bicyclic) bond motifs is 3. The molecule has 0 spiro atoms. The topological polar surface area (TPSA) is 77.8 Å². The SMILES string of the molecule is CC(CO)c1cc2c(c(O)c1O)[C@@]1(C)CCCC(C)(C)[C@@H]1CC2=O. The van der Waals surface area contributed by atoms with Gasteiger partial charge < -0.3 is 15.3 Å². The number of hydrogen-bond donors (Lipinski definition) is 3. The third-order valence-electron chi connectivity index (χ3n) is 6.60. The first-order valence-corrected chi connectivity index (χ1v) is 8.87. The number of ketones is 1. The third-order valence-corrected chi connectivity index (χ3v) is 6.60. The van der Waals surface area contributed by atoms with Gasteiger partial charge in [-0.1, -0.05) is 34.1 Å². The number of aromatic hydroxyl groups is 2. The van der Waals surface area contributed by atoms with E-state index >= 15 is 0 Å². The fourth-order valence-electron chi connectivity index (χ4n) is 5.17. The summed E-state index contributed by atoms with van der Waals surface area (Å²) in [6, 6.07) is 1.69. The quantitative estimate of drug-likeness (QED) is 0.719. The van der Waals surface area contributed by atoms with Gasteiger partial charge in [-0.15, -0.1) is 0 Å². The maximum absolute atomic E-state index is 12.8. The Balaban J connectivity index is 2.26. The van der Waals surface area contributed by atoms with Gasteiger partial charge in [0.2, 0.25) is 0 Å². The molecular weight excluding hydrogens is 304 g/mol. The predicted octanol–water partition coefficient (Wildman–Crippen LogP) is 3.86. The summed E-state index contributed by atoms with van der Waals surface area (Å²) in [7, 11) is 0. The van der Waals surface area contributed by atoms with Gasteiger partial charge in [-0.3, -0.25) is 4.79 Å². The lowest BCUT2D eigenvalue weighted by Gasteiger charge is -2.53. The lowest BCUT2D eigenvalue weighted by Crippen LogP contribution is -2.49. The molecule has 132 valence electrons. The molecule has 4 nitrogen and oxygen atoms in total. The number of aliphatic hydroxyl groups is 1. The number of carbonyl (C=O) groups excluding carboxylic acids is 1. The van der Waals surface area contributed by atoms with Gasteiger partial charge in [0, 0.05) is 41.1 Å². The molecular formula is C20H28O4. The lowest BCUT2D eigenvalue weighted by molar-refractivity contribution is 0.0354. The van der Waals surface area contributed by atoms with E-state index in [1.165, 1.54) is 0 Å². The molecule has 1 saturated carbocycles. The summed E-state index contributed by atoms with van der Waals surface area (Å²) in [5, 5.41) is 30.7. The van der Waals surface area contributed by atoms with Crippen molar-refractivity contribution in [2.75, 3.05) is 6.61 Å². The summed E-state index contributed by atoms with van der Waals surface area (Å²) >= 11 is 0. The summed E-state index contributed by atoms with van der Waals surface area (Å²) in [4.78, 5) is 12.8. The van der Waals surface area contributed by atoms with E-state index in [2.05, 4.69) is 20.8 Å². The minimum Gasteiger partial charge on any atom is -0.504 e. The summed E-state index contributed by atoms with van der Waals surface area (Å²) in [5.41, 5.74) is 1.30. The van der Waals surface area contributed by atoms with Crippen LogP contribution < -0.4 is 0 Å². The minimum atomic E-state index is -0.331. The Hall–Kier alpha value is -1.55. The summed E-state index contributed by atoms with van der Waals surface area (Å²) in [6.45, 7) is 8.15. The van der Waals surface area contributed by atoms with Gasteiger partial charge in [-0.2, -0.15) is 0 Å². The van der Waals surface area contributed by atoms with E-state index < -0.39 is 0 Å². The second-order valence-corrected chi connectivity index (χ2v) is 8.61. The van der Waals surface area contributed by atoms with Crippen LogP contribution in [0.1, 0.15) is 80.8 Å². The van der Waals surface area contributed by atoms with Crippen molar-refractivity contribution in [2.24, 2.45) is 11.3 Å². The van der Waals surface area contributed by atoms with Crippen molar-refractivity contribution in [1.82, 2.24) is 0 Å². The Kier molecular flexibility index (Phi) is 3.95. The van der Waals surface area contributed by atoms with E-state index in [0.29, 0.717) is 23.1 Å². The molecule has 0 heterocycles. The standard InChI is InChI=1S/C20H28O4/c1-11(10-21)12-8-13-14(22)9-15-19(2,3)6-5-7-20(15,4)16(13)18(24)17(12)23/h8,11,15,21,23-24H,5-7,9-10H2,1-4H3/t11?,15-,20-/m0/s1. The Labute approximate surface area is 143 Å². The highest BCUT2D eigenvalue weighted by atomic mass is 16.3. The average molecular weight is 332 g/mol. The zero-order chi connectivity index (χ0) is 17.9. The van der Waals surface area contributed by atoms with Crippen LogP contribution in [-0.2, 0) is 5.41 Å². The molecule has 1 aromatic carbocycles. The molecule has 0 aliphatic heterocycles. The first-order valence-electron chi connectivity index (χ1n) is 8.87. The Morgan fingerprint density at radius 3 is 2.50 bits per heavy atom. The average Bonchev–Trinajstić information content (AvgIpc) is 2.51. The molecule has 4 heteroatoms. The van der Waals surface area contributed by atoms with Gasteiger partial charge in [-0.25, -0.2) is 0 Å². The smallest absolute Gasteiger partial charge is 0.163 e. The van der Waals surface area contributed by atoms with E-state index in [0.717, 1.165) is 19.3 Å². The van der Waals surface area contributed by atoms with Crippen molar-refractivity contribution >= 4 is 5.78 Å². The maximum atomic E-state index is 12.8. The molecule has 1 aromatic rings. The van der Waals surface area contributed by atoms with Crippen molar-refractivity contribution in [3.8, 4) is 11.5 Å². The molecule has 1 unspecified atom stereocenters. The fraction of sp³-hybridized carbons (Fsp3) is 0.650. The van der Waals surface area contributed by atoms with E-state index in [9.17, 15) is 20.1 Å². The van der Waals surface area contributed by atoms with Gasteiger partial charge in [0.15, 0.2) is 17.3 Å². The van der Waals surface area contributed by atoms with Crippen molar-refractivity contribution in [1.29, 1.82) is 0 Å². The Morgan fingerprint density at radius 2 is 1.88 bits per heavy atom. The molecule has 0 bridgehead atoms. The van der Waals surface area contributed by atoms with Crippen LogP contribution in [0.5, 0.6) is 11.5 Å². The molecule has 0 saturated heterocycles. The van der Waals surface area contributed by atoms with Crippen LogP contribution in [0.2, 0.25) is 0 Å². The van der Waals surface area contributed by atoms with Crippen LogP contribution >= 0.6 is 0 Å². The van der Waals surface area contributed by atoms with Crippen LogP contribution in [0, 0.1) is 11.3 Å². The normalized spacial score (nSPS) is 29.7. The van der Waals surface area contributed by atoms with E-state index in [4.69, 9.17) is 0 Å². The molecule has 24 heavy (non-hydrogen) atoms. The number of benzene rings is 1. The summed E-state index contributed by atoms with van der Waals surface area (Å²) in [6.07, 6.45) is 3.50. The number of Topliss-reactive ketones (excluding diaryl/α,β-unsaturated/α-hetero) is 1. The molecule has 0 radical (unpaired) electrons. The van der Waals surface area contributed by atoms with E-state index in [-0.39, 0.29) is 46.6 Å². The highest BCUT2D eigenvalue weighted by Crippen LogP contribution is 2.60. The molecule has 0 aromatic heterocycles. The number of carbonyl (C=O) groups is 1. The zero-order valence-corrected chi connectivity index (χ0v) is 15.0. The van der Waals surface area contributed by atoms with Crippen molar-refractivity contribution in [2.45, 2.75) is 64.7 Å². The van der Waals surface area contributed by atoms with Gasteiger partial charge >= 0.3 is 0 Å². The van der Waals surface area contributed by atoms with Crippen LogP contribution in [0.3, 0.4) is 0 Å². The number of phenols is 2. The number of rotatable bonds is 2. The van der Waals surface area contributed by atoms with Crippen molar-refractivity contribution in [3.63, 3.8) is 0 Å². The van der Waals surface area contributed by atoms with E-state index in [1.807, 2.05) is 0 Å². The van der Waals surface area contributed by atoms with Gasteiger partial charge in [0.25, 0.3) is 0 Å². The number of hydrogen-bond acceptors (Lipinski definition) is 4. The Bertz CT molecular complexity index is 691.